The van der Waals surface area contributed by atoms with Crippen molar-refractivity contribution >= 4 is 11.9 Å². The normalized spacial score (nSPS) is 11.0. The van der Waals surface area contributed by atoms with E-state index in [1.165, 1.54) is 48.0 Å². The van der Waals surface area contributed by atoms with Gasteiger partial charge in [-0.3, -0.25) is 0 Å². The quantitative estimate of drug-likeness (QED) is 0.617. The van der Waals surface area contributed by atoms with Crippen molar-refractivity contribution in [3.63, 3.8) is 0 Å². The highest BCUT2D eigenvalue weighted by Crippen LogP contribution is 2.13. The maximum absolute atomic E-state index is 13.4. The lowest BCUT2D eigenvalue weighted by Gasteiger charge is -2.07. The van der Waals surface area contributed by atoms with E-state index in [1.54, 1.807) is 6.07 Å². The molecule has 3 aromatic carbocycles. The van der Waals surface area contributed by atoms with Crippen molar-refractivity contribution in [3.05, 3.63) is 107 Å². The van der Waals surface area contributed by atoms with Crippen LogP contribution in [0.5, 0.6) is 0 Å². The van der Waals surface area contributed by atoms with Gasteiger partial charge in [-0.05, 0) is 30.7 Å². The smallest absolute Gasteiger partial charge is 0.339 e. The highest BCUT2D eigenvalue weighted by molar-refractivity contribution is 6.02. The number of carbonyl (C=O) groups excluding carboxylic acids is 1. The van der Waals surface area contributed by atoms with Crippen LogP contribution >= 0.6 is 0 Å². The standard InChI is InChI=1S/C15H11FO4.C8H11N/c16-13-8-4-1-5-10(13)9-20-15(19)12-7-3-2-6-11(12)14(17)18;1-7(9)8-5-3-2-4-6-8/h1-8H,9H2,(H,17,18);2-7H,9H2,1H3/t;7-/m.0/s1. The fourth-order valence-corrected chi connectivity index (χ4v) is 2.44. The molecule has 0 spiro atoms. The zero-order chi connectivity index (χ0) is 21.2. The summed E-state index contributed by atoms with van der Waals surface area (Å²) in [7, 11) is 0. The lowest BCUT2D eigenvalue weighted by atomic mass is 10.1. The molecule has 6 heteroatoms. The summed E-state index contributed by atoms with van der Waals surface area (Å²) in [6.07, 6.45) is 0. The fraction of sp³-hybridized carbons (Fsp3) is 0.130. The minimum atomic E-state index is -1.22. The Morgan fingerprint density at radius 2 is 1.48 bits per heavy atom. The van der Waals surface area contributed by atoms with Gasteiger partial charge in [0.2, 0.25) is 0 Å². The molecule has 150 valence electrons. The first-order valence-electron chi connectivity index (χ1n) is 8.93. The second-order valence-electron chi connectivity index (χ2n) is 6.22. The SMILES string of the molecule is C[C@H](N)c1ccccc1.O=C(O)c1ccccc1C(=O)OCc1ccccc1F. The predicted octanol–water partition coefficient (Wildman–Crippen LogP) is 4.59. The fourth-order valence-electron chi connectivity index (χ4n) is 2.44. The number of rotatable bonds is 5. The van der Waals surface area contributed by atoms with Crippen LogP contribution < -0.4 is 5.73 Å². The van der Waals surface area contributed by atoms with Crippen molar-refractivity contribution in [2.45, 2.75) is 19.6 Å². The summed E-state index contributed by atoms with van der Waals surface area (Å²) >= 11 is 0. The van der Waals surface area contributed by atoms with E-state index in [2.05, 4.69) is 0 Å². The molecule has 0 amide bonds. The molecule has 0 saturated carbocycles. The number of hydrogen-bond donors (Lipinski definition) is 2. The molecule has 0 aliphatic heterocycles. The van der Waals surface area contributed by atoms with Gasteiger partial charge in [0.1, 0.15) is 12.4 Å². The minimum absolute atomic E-state index is 0.0589. The first-order valence-corrected chi connectivity index (χ1v) is 8.93. The number of halogens is 1. The molecule has 0 radical (unpaired) electrons. The Hall–Kier alpha value is -3.51. The lowest BCUT2D eigenvalue weighted by molar-refractivity contribution is 0.0460. The number of esters is 1. The van der Waals surface area contributed by atoms with Gasteiger partial charge in [-0.1, -0.05) is 60.7 Å². The third-order valence-electron chi connectivity index (χ3n) is 4.02. The highest BCUT2D eigenvalue weighted by Gasteiger charge is 2.17. The second kappa shape index (κ2) is 10.7. The van der Waals surface area contributed by atoms with Crippen LogP contribution in [0.2, 0.25) is 0 Å². The van der Waals surface area contributed by atoms with Gasteiger partial charge in [0.15, 0.2) is 0 Å². The van der Waals surface area contributed by atoms with E-state index in [0.717, 1.165) is 0 Å². The third-order valence-corrected chi connectivity index (χ3v) is 4.02. The van der Waals surface area contributed by atoms with Gasteiger partial charge in [-0.2, -0.15) is 0 Å². The van der Waals surface area contributed by atoms with Crippen LogP contribution in [0.3, 0.4) is 0 Å². The first-order chi connectivity index (χ1) is 13.9. The average Bonchev–Trinajstić information content (AvgIpc) is 2.74. The van der Waals surface area contributed by atoms with Gasteiger partial charge in [0, 0.05) is 11.6 Å². The van der Waals surface area contributed by atoms with Gasteiger partial charge in [0.25, 0.3) is 0 Å². The molecular formula is C23H22FNO4. The molecule has 0 heterocycles. The van der Waals surface area contributed by atoms with Gasteiger partial charge in [-0.25, -0.2) is 14.0 Å². The van der Waals surface area contributed by atoms with E-state index < -0.39 is 17.8 Å². The highest BCUT2D eigenvalue weighted by atomic mass is 19.1. The Morgan fingerprint density at radius 3 is 2.03 bits per heavy atom. The van der Waals surface area contributed by atoms with Crippen LogP contribution in [0, 0.1) is 5.82 Å². The summed E-state index contributed by atoms with van der Waals surface area (Å²) in [5, 5.41) is 8.98. The minimum Gasteiger partial charge on any atom is -0.478 e. The Bertz CT molecular complexity index is 958. The van der Waals surface area contributed by atoms with E-state index in [0.29, 0.717) is 0 Å². The molecule has 0 saturated heterocycles. The second-order valence-corrected chi connectivity index (χ2v) is 6.22. The molecule has 0 unspecified atom stereocenters. The largest absolute Gasteiger partial charge is 0.478 e. The molecule has 29 heavy (non-hydrogen) atoms. The van der Waals surface area contributed by atoms with E-state index >= 15 is 0 Å². The van der Waals surface area contributed by atoms with E-state index in [4.69, 9.17) is 15.6 Å². The van der Waals surface area contributed by atoms with Gasteiger partial charge in [-0.15, -0.1) is 0 Å². The molecule has 3 aromatic rings. The summed E-state index contributed by atoms with van der Waals surface area (Å²) in [6.45, 7) is 1.73. The molecular weight excluding hydrogens is 373 g/mol. The van der Waals surface area contributed by atoms with Gasteiger partial charge >= 0.3 is 11.9 Å². The Morgan fingerprint density at radius 1 is 0.931 bits per heavy atom. The van der Waals surface area contributed by atoms with E-state index in [9.17, 15) is 14.0 Å². The molecule has 3 N–H and O–H groups in total. The van der Waals surface area contributed by atoms with Crippen LogP contribution in [0.1, 0.15) is 44.8 Å². The summed E-state index contributed by atoms with van der Waals surface area (Å²) in [5.41, 5.74) is 6.83. The van der Waals surface area contributed by atoms with Crippen LogP contribution in [0.4, 0.5) is 4.39 Å². The van der Waals surface area contributed by atoms with Crippen molar-refractivity contribution in [2.75, 3.05) is 0 Å². The van der Waals surface area contributed by atoms with Crippen LogP contribution in [0.15, 0.2) is 78.9 Å². The van der Waals surface area contributed by atoms with E-state index in [-0.39, 0.29) is 29.3 Å². The number of nitrogens with two attached hydrogens (primary N) is 1. The van der Waals surface area contributed by atoms with Crippen molar-refractivity contribution in [3.8, 4) is 0 Å². The number of ether oxygens (including phenoxy) is 1. The monoisotopic (exact) mass is 395 g/mol. The maximum Gasteiger partial charge on any atom is 0.339 e. The van der Waals surface area contributed by atoms with Crippen LogP contribution in [0.25, 0.3) is 0 Å². The van der Waals surface area contributed by atoms with Crippen molar-refractivity contribution in [1.29, 1.82) is 0 Å². The lowest BCUT2D eigenvalue weighted by Crippen LogP contribution is -2.11. The molecule has 0 fully saturated rings. The van der Waals surface area contributed by atoms with Crippen molar-refractivity contribution in [1.82, 2.24) is 0 Å². The predicted molar refractivity (Wildman–Crippen MR) is 108 cm³/mol. The number of benzene rings is 3. The number of carboxylic acids is 1. The van der Waals surface area contributed by atoms with Crippen molar-refractivity contribution < 1.29 is 23.8 Å². The average molecular weight is 395 g/mol. The zero-order valence-electron chi connectivity index (χ0n) is 15.9. The summed E-state index contributed by atoms with van der Waals surface area (Å²) < 4.78 is 18.3. The molecule has 0 aliphatic rings. The van der Waals surface area contributed by atoms with Crippen LogP contribution in [-0.4, -0.2) is 17.0 Å². The maximum atomic E-state index is 13.4. The molecule has 0 bridgehead atoms. The Balaban J connectivity index is 0.000000278. The summed E-state index contributed by atoms with van der Waals surface area (Å²) in [5.74, 6) is -2.50. The number of carbonyl (C=O) groups is 2. The zero-order valence-corrected chi connectivity index (χ0v) is 15.9. The Kier molecular flexibility index (Phi) is 8.06. The number of carboxylic acid groups (broad SMARTS) is 1. The molecule has 0 aliphatic carbocycles. The molecule has 3 rings (SSSR count). The topological polar surface area (TPSA) is 89.6 Å². The van der Waals surface area contributed by atoms with E-state index in [1.807, 2.05) is 37.3 Å². The van der Waals surface area contributed by atoms with Gasteiger partial charge < -0.3 is 15.6 Å². The summed E-state index contributed by atoms with van der Waals surface area (Å²) in [4.78, 5) is 22.8. The number of hydrogen-bond acceptors (Lipinski definition) is 4. The third kappa shape index (κ3) is 6.55. The molecule has 1 atom stereocenters. The van der Waals surface area contributed by atoms with Crippen molar-refractivity contribution in [2.24, 2.45) is 5.73 Å². The Labute approximate surface area is 168 Å². The van der Waals surface area contributed by atoms with Crippen LogP contribution in [-0.2, 0) is 11.3 Å². The molecule has 0 aromatic heterocycles. The first kappa shape index (κ1) is 21.8. The number of aromatic carboxylic acids is 1. The summed E-state index contributed by atoms with van der Waals surface area (Å²) in [6, 6.07) is 21.8. The van der Waals surface area contributed by atoms with Gasteiger partial charge in [0.05, 0.1) is 11.1 Å². The molecule has 5 nitrogen and oxygen atoms in total.